The van der Waals surface area contributed by atoms with Crippen molar-refractivity contribution in [3.05, 3.63) is 59.8 Å². The van der Waals surface area contributed by atoms with Crippen molar-refractivity contribution in [1.82, 2.24) is 19.8 Å². The van der Waals surface area contributed by atoms with Gasteiger partial charge in [0.05, 0.1) is 4.88 Å². The average molecular weight is 294 g/mol. The largest absolute Gasteiger partial charge is 0.197 e. The molecule has 0 amide bonds. The molecule has 0 radical (unpaired) electrons. The van der Waals surface area contributed by atoms with E-state index in [-0.39, 0.29) is 0 Å². The van der Waals surface area contributed by atoms with Crippen LogP contribution in [0.15, 0.2) is 53.9 Å². The predicted molar refractivity (Wildman–Crippen MR) is 84.2 cm³/mol. The minimum atomic E-state index is 0.481. The van der Waals surface area contributed by atoms with Crippen LogP contribution in [-0.4, -0.2) is 19.8 Å². The smallest absolute Gasteiger partial charge is 0.177 e. The Morgan fingerprint density at radius 1 is 1.19 bits per heavy atom. The summed E-state index contributed by atoms with van der Waals surface area (Å²) < 4.78 is 1.88. The van der Waals surface area contributed by atoms with Crippen LogP contribution in [0.4, 0.5) is 0 Å². The Labute approximate surface area is 126 Å². The van der Waals surface area contributed by atoms with Gasteiger partial charge in [0.15, 0.2) is 11.5 Å². The van der Waals surface area contributed by atoms with Gasteiger partial charge in [0, 0.05) is 6.42 Å². The van der Waals surface area contributed by atoms with Gasteiger partial charge in [-0.3, -0.25) is 0 Å². The lowest BCUT2D eigenvalue weighted by atomic mass is 9.97. The maximum absolute atomic E-state index is 4.70. The van der Waals surface area contributed by atoms with Crippen molar-refractivity contribution in [1.29, 1.82) is 0 Å². The molecule has 21 heavy (non-hydrogen) atoms. The molecule has 3 heterocycles. The standard InChI is InChI=1S/C16H14N4S/c1-2-5-12(6-3-1)11-16-18-17-15-9-8-13(19-20(15)16)14-7-4-10-21-14/h1-5,7-10,12H,6,11H2. The van der Waals surface area contributed by atoms with Gasteiger partial charge < -0.3 is 0 Å². The Morgan fingerprint density at radius 2 is 2.19 bits per heavy atom. The summed E-state index contributed by atoms with van der Waals surface area (Å²) in [7, 11) is 0. The maximum atomic E-state index is 4.70. The topological polar surface area (TPSA) is 43.1 Å². The third-order valence-corrected chi connectivity index (χ3v) is 4.51. The van der Waals surface area contributed by atoms with Crippen LogP contribution in [0.2, 0.25) is 0 Å². The van der Waals surface area contributed by atoms with Gasteiger partial charge in [-0.1, -0.05) is 30.4 Å². The first-order valence-electron chi connectivity index (χ1n) is 6.99. The number of nitrogens with zero attached hydrogens (tertiary/aromatic N) is 4. The van der Waals surface area contributed by atoms with E-state index in [9.17, 15) is 0 Å². The molecule has 1 aliphatic rings. The molecule has 104 valence electrons. The normalized spacial score (nSPS) is 17.6. The number of allylic oxidation sites excluding steroid dienone is 4. The highest BCUT2D eigenvalue weighted by atomic mass is 32.1. The molecule has 0 aromatic carbocycles. The Morgan fingerprint density at radius 3 is 3.00 bits per heavy atom. The molecular weight excluding hydrogens is 280 g/mol. The number of rotatable bonds is 3. The summed E-state index contributed by atoms with van der Waals surface area (Å²) in [5.74, 6) is 1.41. The first-order valence-corrected chi connectivity index (χ1v) is 7.87. The molecule has 1 atom stereocenters. The monoisotopic (exact) mass is 294 g/mol. The number of fused-ring (bicyclic) bond motifs is 1. The van der Waals surface area contributed by atoms with Crippen LogP contribution in [0.1, 0.15) is 12.2 Å². The molecule has 0 fully saturated rings. The van der Waals surface area contributed by atoms with Gasteiger partial charge in [-0.2, -0.15) is 9.61 Å². The summed E-state index contributed by atoms with van der Waals surface area (Å²) >= 11 is 1.69. The fourth-order valence-corrected chi connectivity index (χ4v) is 3.22. The molecule has 1 unspecified atom stereocenters. The number of aromatic nitrogens is 4. The molecular formula is C16H14N4S. The first kappa shape index (κ1) is 12.5. The van der Waals surface area contributed by atoms with Crippen molar-refractivity contribution in [2.75, 3.05) is 0 Å². The van der Waals surface area contributed by atoms with E-state index < -0.39 is 0 Å². The molecule has 5 heteroatoms. The van der Waals surface area contributed by atoms with Crippen LogP contribution in [0.3, 0.4) is 0 Å². The molecule has 0 bridgehead atoms. The van der Waals surface area contributed by atoms with Gasteiger partial charge in [-0.05, 0) is 35.9 Å². The molecule has 4 rings (SSSR count). The van der Waals surface area contributed by atoms with E-state index in [1.54, 1.807) is 11.3 Å². The van der Waals surface area contributed by atoms with Crippen molar-refractivity contribution < 1.29 is 0 Å². The van der Waals surface area contributed by atoms with E-state index in [2.05, 4.69) is 45.9 Å². The second-order valence-electron chi connectivity index (χ2n) is 5.10. The van der Waals surface area contributed by atoms with E-state index in [0.717, 1.165) is 34.9 Å². The predicted octanol–water partition coefficient (Wildman–Crippen LogP) is 3.53. The van der Waals surface area contributed by atoms with Crippen molar-refractivity contribution in [2.45, 2.75) is 12.8 Å². The highest BCUT2D eigenvalue weighted by Crippen LogP contribution is 2.23. The Balaban J connectivity index is 1.70. The Kier molecular flexibility index (Phi) is 3.12. The molecule has 3 aromatic rings. The molecule has 0 saturated carbocycles. The maximum Gasteiger partial charge on any atom is 0.177 e. The van der Waals surface area contributed by atoms with E-state index in [0.29, 0.717) is 5.92 Å². The lowest BCUT2D eigenvalue weighted by molar-refractivity contribution is 0.613. The highest BCUT2D eigenvalue weighted by Gasteiger charge is 2.14. The third kappa shape index (κ3) is 2.40. The van der Waals surface area contributed by atoms with Gasteiger partial charge in [0.25, 0.3) is 0 Å². The summed E-state index contributed by atoms with van der Waals surface area (Å²) in [6, 6.07) is 8.10. The Bertz CT molecular complexity index is 814. The quantitative estimate of drug-likeness (QED) is 0.742. The van der Waals surface area contributed by atoms with Gasteiger partial charge in [0.2, 0.25) is 0 Å². The zero-order chi connectivity index (χ0) is 14.1. The van der Waals surface area contributed by atoms with Gasteiger partial charge in [-0.15, -0.1) is 21.5 Å². The first-order chi connectivity index (χ1) is 10.4. The fraction of sp³-hybridized carbons (Fsp3) is 0.188. The van der Waals surface area contributed by atoms with Crippen LogP contribution < -0.4 is 0 Å². The summed E-state index contributed by atoms with van der Waals surface area (Å²) in [6.07, 6.45) is 10.5. The molecule has 4 nitrogen and oxygen atoms in total. The van der Waals surface area contributed by atoms with Gasteiger partial charge in [0.1, 0.15) is 5.69 Å². The van der Waals surface area contributed by atoms with Crippen LogP contribution in [0.5, 0.6) is 0 Å². The van der Waals surface area contributed by atoms with E-state index in [1.165, 1.54) is 0 Å². The minimum Gasteiger partial charge on any atom is -0.197 e. The van der Waals surface area contributed by atoms with E-state index in [1.807, 2.05) is 22.7 Å². The number of hydrogen-bond donors (Lipinski definition) is 0. The van der Waals surface area contributed by atoms with E-state index in [4.69, 9.17) is 5.10 Å². The zero-order valence-electron chi connectivity index (χ0n) is 11.4. The van der Waals surface area contributed by atoms with Crippen LogP contribution in [0, 0.1) is 5.92 Å². The summed E-state index contributed by atoms with van der Waals surface area (Å²) in [6.45, 7) is 0. The Hall–Kier alpha value is -2.27. The number of hydrogen-bond acceptors (Lipinski definition) is 4. The van der Waals surface area contributed by atoms with Crippen molar-refractivity contribution in [2.24, 2.45) is 5.92 Å². The number of thiophene rings is 1. The van der Waals surface area contributed by atoms with E-state index >= 15 is 0 Å². The summed E-state index contributed by atoms with van der Waals surface area (Å²) in [5, 5.41) is 15.3. The van der Waals surface area contributed by atoms with Gasteiger partial charge in [-0.25, -0.2) is 0 Å². The van der Waals surface area contributed by atoms with Crippen LogP contribution in [-0.2, 0) is 6.42 Å². The second-order valence-corrected chi connectivity index (χ2v) is 6.04. The molecule has 0 spiro atoms. The lowest BCUT2D eigenvalue weighted by Gasteiger charge is -2.11. The third-order valence-electron chi connectivity index (χ3n) is 3.62. The van der Waals surface area contributed by atoms with Crippen molar-refractivity contribution in [3.8, 4) is 10.6 Å². The highest BCUT2D eigenvalue weighted by molar-refractivity contribution is 7.13. The fourth-order valence-electron chi connectivity index (χ4n) is 2.53. The van der Waals surface area contributed by atoms with Crippen LogP contribution >= 0.6 is 11.3 Å². The van der Waals surface area contributed by atoms with Crippen LogP contribution in [0.25, 0.3) is 16.2 Å². The van der Waals surface area contributed by atoms with Gasteiger partial charge >= 0.3 is 0 Å². The van der Waals surface area contributed by atoms with Crippen molar-refractivity contribution in [3.63, 3.8) is 0 Å². The lowest BCUT2D eigenvalue weighted by Crippen LogP contribution is -2.07. The SMILES string of the molecule is C1=CCC(Cc2nnc3ccc(-c4cccs4)nn23)C=C1. The van der Waals surface area contributed by atoms with Crippen molar-refractivity contribution >= 4 is 17.0 Å². The summed E-state index contributed by atoms with van der Waals surface area (Å²) in [4.78, 5) is 1.16. The molecule has 0 saturated heterocycles. The molecule has 0 N–H and O–H groups in total. The molecule has 3 aromatic heterocycles. The minimum absolute atomic E-state index is 0.481. The molecule has 1 aliphatic carbocycles. The second kappa shape index (κ2) is 5.26. The summed E-state index contributed by atoms with van der Waals surface area (Å²) in [5.41, 5.74) is 1.78. The average Bonchev–Trinajstić information content (AvgIpc) is 3.18. The zero-order valence-corrected chi connectivity index (χ0v) is 12.2. The molecule has 0 aliphatic heterocycles.